The molecule has 0 atom stereocenters. The van der Waals surface area contributed by atoms with Gasteiger partial charge in [0.15, 0.2) is 0 Å². The summed E-state index contributed by atoms with van der Waals surface area (Å²) in [5, 5.41) is 13.3. The van der Waals surface area contributed by atoms with Crippen molar-refractivity contribution in [1.82, 2.24) is 5.32 Å². The van der Waals surface area contributed by atoms with Gasteiger partial charge >= 0.3 is 0 Å². The molecule has 1 aliphatic heterocycles. The summed E-state index contributed by atoms with van der Waals surface area (Å²) in [6.07, 6.45) is 2.90. The summed E-state index contributed by atoms with van der Waals surface area (Å²) in [6.45, 7) is 1.08. The second kappa shape index (κ2) is 5.42. The Hall–Kier alpha value is -2.21. The van der Waals surface area contributed by atoms with E-state index in [2.05, 4.69) is 5.32 Å². The largest absolute Gasteiger partial charge is 0.377 e. The molecule has 1 aliphatic rings. The number of hydrogen-bond donors (Lipinski definition) is 1. The van der Waals surface area contributed by atoms with E-state index in [9.17, 15) is 14.9 Å². The third kappa shape index (κ3) is 3.14. The Balaban J connectivity index is 1.97. The molecule has 0 radical (unpaired) electrons. The van der Waals surface area contributed by atoms with E-state index in [0.717, 1.165) is 0 Å². The summed E-state index contributed by atoms with van der Waals surface area (Å²) < 4.78 is 4.93. The van der Waals surface area contributed by atoms with Crippen LogP contribution in [0.2, 0.25) is 0 Å². The monoisotopic (exact) mass is 248 g/mol. The molecule has 2 rings (SSSR count). The minimum atomic E-state index is -0.469. The molecule has 6 heteroatoms. The molecule has 0 bridgehead atoms. The Labute approximate surface area is 103 Å². The molecule has 0 aliphatic carbocycles. The van der Waals surface area contributed by atoms with E-state index in [4.69, 9.17) is 4.74 Å². The van der Waals surface area contributed by atoms with E-state index in [1.807, 2.05) is 0 Å². The van der Waals surface area contributed by atoms with Crippen molar-refractivity contribution in [2.75, 3.05) is 13.2 Å². The van der Waals surface area contributed by atoms with Gasteiger partial charge in [0.2, 0.25) is 5.91 Å². The second-order valence-corrected chi connectivity index (χ2v) is 3.93. The molecule has 6 nitrogen and oxygen atoms in total. The molecule has 0 aromatic heterocycles. The van der Waals surface area contributed by atoms with Crippen molar-refractivity contribution >= 4 is 17.7 Å². The molecule has 1 amide bonds. The molecule has 18 heavy (non-hydrogen) atoms. The lowest BCUT2D eigenvalue weighted by Gasteiger charge is -2.26. The summed E-state index contributed by atoms with van der Waals surface area (Å²) in [5.74, 6) is -0.227. The number of non-ortho nitro benzene ring substituents is 1. The maximum Gasteiger partial charge on any atom is 0.270 e. The van der Waals surface area contributed by atoms with E-state index < -0.39 is 4.92 Å². The van der Waals surface area contributed by atoms with Crippen LogP contribution in [0.5, 0.6) is 0 Å². The quantitative estimate of drug-likeness (QED) is 0.492. The zero-order valence-electron chi connectivity index (χ0n) is 9.54. The highest BCUT2D eigenvalue weighted by molar-refractivity contribution is 5.92. The number of amides is 1. The second-order valence-electron chi connectivity index (χ2n) is 3.93. The average Bonchev–Trinajstić information content (AvgIpc) is 2.31. The molecule has 1 aromatic carbocycles. The fourth-order valence-corrected chi connectivity index (χ4v) is 1.48. The Kier molecular flexibility index (Phi) is 3.69. The number of carbonyl (C=O) groups excluding carboxylic acids is 1. The fourth-order valence-electron chi connectivity index (χ4n) is 1.48. The van der Waals surface area contributed by atoms with Crippen LogP contribution in [0.1, 0.15) is 5.56 Å². The van der Waals surface area contributed by atoms with Gasteiger partial charge in [0.05, 0.1) is 24.2 Å². The summed E-state index contributed by atoms with van der Waals surface area (Å²) in [6, 6.07) is 6.17. The molecule has 0 spiro atoms. The first kappa shape index (κ1) is 12.3. The van der Waals surface area contributed by atoms with Crippen LogP contribution in [-0.4, -0.2) is 30.1 Å². The van der Waals surface area contributed by atoms with Crippen molar-refractivity contribution in [3.05, 3.63) is 46.0 Å². The standard InChI is InChI=1S/C12H12N2O4/c15-12(13-10-7-18-8-10)5-4-9-2-1-3-11(6-9)14(16)17/h1-6,10H,7-8H2,(H,13,15). The van der Waals surface area contributed by atoms with E-state index >= 15 is 0 Å². The van der Waals surface area contributed by atoms with Crippen molar-refractivity contribution in [2.45, 2.75) is 6.04 Å². The predicted molar refractivity (Wildman–Crippen MR) is 64.9 cm³/mol. The van der Waals surface area contributed by atoms with E-state index in [0.29, 0.717) is 18.8 Å². The van der Waals surface area contributed by atoms with Crippen LogP contribution in [0.4, 0.5) is 5.69 Å². The van der Waals surface area contributed by atoms with Gasteiger partial charge < -0.3 is 10.1 Å². The van der Waals surface area contributed by atoms with Gasteiger partial charge in [0.1, 0.15) is 0 Å². The highest BCUT2D eigenvalue weighted by Crippen LogP contribution is 2.14. The lowest BCUT2D eigenvalue weighted by atomic mass is 10.2. The summed E-state index contributed by atoms with van der Waals surface area (Å²) in [5.41, 5.74) is 0.620. The van der Waals surface area contributed by atoms with Crippen molar-refractivity contribution in [3.8, 4) is 0 Å². The van der Waals surface area contributed by atoms with Crippen LogP contribution >= 0.6 is 0 Å². The summed E-state index contributed by atoms with van der Waals surface area (Å²) in [7, 11) is 0. The van der Waals surface area contributed by atoms with Crippen LogP contribution in [0.3, 0.4) is 0 Å². The van der Waals surface area contributed by atoms with Crippen molar-refractivity contribution in [2.24, 2.45) is 0 Å². The number of carbonyl (C=O) groups is 1. The van der Waals surface area contributed by atoms with Gasteiger partial charge in [0.25, 0.3) is 5.69 Å². The molecule has 1 saturated heterocycles. The number of nitro benzene ring substituents is 1. The maximum atomic E-state index is 11.5. The number of nitro groups is 1. The van der Waals surface area contributed by atoms with Gasteiger partial charge in [-0.2, -0.15) is 0 Å². The molecule has 0 saturated carbocycles. The zero-order valence-corrected chi connectivity index (χ0v) is 9.54. The number of nitrogens with one attached hydrogen (secondary N) is 1. The Morgan fingerprint density at radius 1 is 1.50 bits per heavy atom. The highest BCUT2D eigenvalue weighted by Gasteiger charge is 2.18. The molecule has 1 fully saturated rings. The molecule has 1 aromatic rings. The van der Waals surface area contributed by atoms with Crippen molar-refractivity contribution in [3.63, 3.8) is 0 Å². The Morgan fingerprint density at radius 2 is 2.28 bits per heavy atom. The molecule has 94 valence electrons. The van der Waals surface area contributed by atoms with Gasteiger partial charge in [-0.1, -0.05) is 12.1 Å². The van der Waals surface area contributed by atoms with Crippen LogP contribution < -0.4 is 5.32 Å². The number of ether oxygens (including phenoxy) is 1. The van der Waals surface area contributed by atoms with Gasteiger partial charge in [-0.25, -0.2) is 0 Å². The molecule has 0 unspecified atom stereocenters. The third-order valence-electron chi connectivity index (χ3n) is 2.49. The van der Waals surface area contributed by atoms with Crippen LogP contribution in [0, 0.1) is 10.1 Å². The van der Waals surface area contributed by atoms with E-state index in [-0.39, 0.29) is 17.6 Å². The van der Waals surface area contributed by atoms with E-state index in [1.165, 1.54) is 18.2 Å². The van der Waals surface area contributed by atoms with Crippen LogP contribution in [0.25, 0.3) is 6.08 Å². The van der Waals surface area contributed by atoms with Crippen molar-refractivity contribution in [1.29, 1.82) is 0 Å². The number of rotatable bonds is 4. The average molecular weight is 248 g/mol. The number of benzene rings is 1. The maximum absolute atomic E-state index is 11.5. The van der Waals surface area contributed by atoms with E-state index in [1.54, 1.807) is 18.2 Å². The molecule has 1 N–H and O–H groups in total. The van der Waals surface area contributed by atoms with Gasteiger partial charge in [-0.3, -0.25) is 14.9 Å². The van der Waals surface area contributed by atoms with Crippen LogP contribution in [0.15, 0.2) is 30.3 Å². The topological polar surface area (TPSA) is 81.5 Å². The van der Waals surface area contributed by atoms with Crippen molar-refractivity contribution < 1.29 is 14.5 Å². The molecule has 1 heterocycles. The minimum Gasteiger partial charge on any atom is -0.377 e. The third-order valence-corrected chi connectivity index (χ3v) is 2.49. The Morgan fingerprint density at radius 3 is 2.89 bits per heavy atom. The first-order chi connectivity index (χ1) is 8.65. The minimum absolute atomic E-state index is 0.00458. The number of nitrogens with zero attached hydrogens (tertiary/aromatic N) is 1. The highest BCUT2D eigenvalue weighted by atomic mass is 16.6. The first-order valence-corrected chi connectivity index (χ1v) is 5.46. The normalized spacial score (nSPS) is 15.3. The summed E-state index contributed by atoms with van der Waals surface area (Å²) in [4.78, 5) is 21.6. The lowest BCUT2D eigenvalue weighted by molar-refractivity contribution is -0.384. The smallest absolute Gasteiger partial charge is 0.270 e. The number of hydrogen-bond acceptors (Lipinski definition) is 4. The Bertz CT molecular complexity index is 495. The lowest BCUT2D eigenvalue weighted by Crippen LogP contribution is -2.48. The van der Waals surface area contributed by atoms with Gasteiger partial charge in [-0.05, 0) is 11.6 Å². The SMILES string of the molecule is O=C(C=Cc1cccc([N+](=O)[O-])c1)NC1COC1. The fraction of sp³-hybridized carbons (Fsp3) is 0.250. The molecular formula is C12H12N2O4. The zero-order chi connectivity index (χ0) is 13.0. The predicted octanol–water partition coefficient (Wildman–Crippen LogP) is 1.12. The molecular weight excluding hydrogens is 236 g/mol. The first-order valence-electron chi connectivity index (χ1n) is 5.46. The van der Waals surface area contributed by atoms with Crippen LogP contribution in [-0.2, 0) is 9.53 Å². The van der Waals surface area contributed by atoms with Gasteiger partial charge in [-0.15, -0.1) is 0 Å². The van der Waals surface area contributed by atoms with Gasteiger partial charge in [0, 0.05) is 18.2 Å². The summed E-state index contributed by atoms with van der Waals surface area (Å²) >= 11 is 0.